The standard InChI is InChI=1S/C25H19ClN2O7/c1-32-18-7-9-19(10-8-18)33-12-13-34-23-11-6-17(28(30)31)14-16(23)15-22-25(29)35-24(27-22)20-4-2-3-5-21(20)26/h2-11,14-15H,12-13H2,1H3. The number of halogens is 1. The van der Waals surface area contributed by atoms with Gasteiger partial charge in [-0.3, -0.25) is 10.1 Å². The van der Waals surface area contributed by atoms with E-state index in [9.17, 15) is 14.9 Å². The van der Waals surface area contributed by atoms with Gasteiger partial charge in [0.2, 0.25) is 5.90 Å². The second-order valence-electron chi connectivity index (χ2n) is 7.17. The maximum absolute atomic E-state index is 12.4. The van der Waals surface area contributed by atoms with Crippen molar-refractivity contribution in [1.29, 1.82) is 0 Å². The third-order valence-electron chi connectivity index (χ3n) is 4.89. The molecule has 4 rings (SSSR count). The fourth-order valence-electron chi connectivity index (χ4n) is 3.18. The summed E-state index contributed by atoms with van der Waals surface area (Å²) >= 11 is 6.17. The molecule has 0 bridgehead atoms. The molecule has 0 saturated carbocycles. The normalized spacial score (nSPS) is 13.8. The summed E-state index contributed by atoms with van der Waals surface area (Å²) in [5.74, 6) is 1.00. The first-order valence-electron chi connectivity index (χ1n) is 10.4. The van der Waals surface area contributed by atoms with E-state index < -0.39 is 10.9 Å². The molecule has 0 amide bonds. The van der Waals surface area contributed by atoms with Crippen molar-refractivity contribution in [3.05, 3.63) is 98.7 Å². The number of cyclic esters (lactones) is 1. The van der Waals surface area contributed by atoms with Crippen molar-refractivity contribution in [2.24, 2.45) is 4.99 Å². The van der Waals surface area contributed by atoms with Crippen LogP contribution in [0.25, 0.3) is 6.08 Å². The molecule has 35 heavy (non-hydrogen) atoms. The Morgan fingerprint density at radius 2 is 1.74 bits per heavy atom. The zero-order valence-electron chi connectivity index (χ0n) is 18.5. The van der Waals surface area contributed by atoms with Crippen LogP contribution in [0.15, 0.2) is 77.4 Å². The van der Waals surface area contributed by atoms with E-state index in [-0.39, 0.29) is 30.5 Å². The minimum atomic E-state index is -0.708. The van der Waals surface area contributed by atoms with Crippen LogP contribution in [-0.4, -0.2) is 37.1 Å². The molecule has 0 unspecified atom stereocenters. The summed E-state index contributed by atoms with van der Waals surface area (Å²) in [4.78, 5) is 27.4. The number of hydrogen-bond acceptors (Lipinski definition) is 8. The first-order chi connectivity index (χ1) is 16.9. The lowest BCUT2D eigenvalue weighted by molar-refractivity contribution is -0.384. The van der Waals surface area contributed by atoms with Crippen LogP contribution in [0.4, 0.5) is 5.69 Å². The van der Waals surface area contributed by atoms with Crippen molar-refractivity contribution in [1.82, 2.24) is 0 Å². The molecule has 9 nitrogen and oxygen atoms in total. The summed E-state index contributed by atoms with van der Waals surface area (Å²) in [5, 5.41) is 11.7. The van der Waals surface area contributed by atoms with Crippen molar-refractivity contribution in [3.63, 3.8) is 0 Å². The quantitative estimate of drug-likeness (QED) is 0.134. The lowest BCUT2D eigenvalue weighted by Gasteiger charge is -2.11. The number of ether oxygens (including phenoxy) is 4. The number of esters is 1. The zero-order valence-corrected chi connectivity index (χ0v) is 19.2. The summed E-state index contributed by atoms with van der Waals surface area (Å²) in [5.41, 5.74) is 0.539. The molecule has 1 aliphatic rings. The van der Waals surface area contributed by atoms with E-state index in [0.29, 0.717) is 33.4 Å². The highest BCUT2D eigenvalue weighted by Gasteiger charge is 2.26. The van der Waals surface area contributed by atoms with Crippen LogP contribution in [0, 0.1) is 10.1 Å². The third kappa shape index (κ3) is 5.77. The predicted molar refractivity (Wildman–Crippen MR) is 129 cm³/mol. The first-order valence-corrected chi connectivity index (χ1v) is 10.8. The van der Waals surface area contributed by atoms with Gasteiger partial charge in [-0.25, -0.2) is 9.79 Å². The minimum absolute atomic E-state index is 0.0419. The SMILES string of the molecule is COc1ccc(OCCOc2ccc([N+](=O)[O-])cc2C=C2N=C(c3ccccc3Cl)OC2=O)cc1. The van der Waals surface area contributed by atoms with Gasteiger partial charge >= 0.3 is 5.97 Å². The zero-order chi connectivity index (χ0) is 24.8. The molecule has 0 aliphatic carbocycles. The van der Waals surface area contributed by atoms with Gasteiger partial charge in [0.25, 0.3) is 5.69 Å². The highest BCUT2D eigenvalue weighted by atomic mass is 35.5. The number of nitrogens with zero attached hydrogens (tertiary/aromatic N) is 2. The molecule has 10 heteroatoms. The van der Waals surface area contributed by atoms with E-state index in [2.05, 4.69) is 4.99 Å². The largest absolute Gasteiger partial charge is 0.497 e. The number of aliphatic imine (C=N–C) groups is 1. The van der Waals surface area contributed by atoms with Gasteiger partial charge in [-0.1, -0.05) is 23.7 Å². The fourth-order valence-corrected chi connectivity index (χ4v) is 3.40. The highest BCUT2D eigenvalue weighted by molar-refractivity contribution is 6.34. The molecule has 178 valence electrons. The van der Waals surface area contributed by atoms with Crippen LogP contribution in [-0.2, 0) is 9.53 Å². The Balaban J connectivity index is 1.52. The Morgan fingerprint density at radius 1 is 1.03 bits per heavy atom. The molecule has 3 aromatic carbocycles. The minimum Gasteiger partial charge on any atom is -0.497 e. The third-order valence-corrected chi connectivity index (χ3v) is 5.22. The molecule has 0 fully saturated rings. The van der Waals surface area contributed by atoms with Gasteiger partial charge in [-0.2, -0.15) is 0 Å². The number of benzene rings is 3. The van der Waals surface area contributed by atoms with Gasteiger partial charge in [0.05, 0.1) is 22.6 Å². The molecular weight excluding hydrogens is 476 g/mol. The monoisotopic (exact) mass is 494 g/mol. The molecule has 0 N–H and O–H groups in total. The maximum atomic E-state index is 12.4. The van der Waals surface area contributed by atoms with Crippen molar-refractivity contribution in [3.8, 4) is 17.2 Å². The van der Waals surface area contributed by atoms with E-state index in [1.165, 1.54) is 24.3 Å². The molecule has 0 aromatic heterocycles. The van der Waals surface area contributed by atoms with E-state index >= 15 is 0 Å². The number of methoxy groups -OCH3 is 1. The average molecular weight is 495 g/mol. The van der Waals surface area contributed by atoms with Gasteiger partial charge in [0, 0.05) is 17.7 Å². The van der Waals surface area contributed by atoms with Gasteiger partial charge in [0.15, 0.2) is 5.70 Å². The van der Waals surface area contributed by atoms with Gasteiger partial charge in [-0.05, 0) is 48.5 Å². The molecule has 0 atom stereocenters. The number of non-ortho nitro benzene ring substituents is 1. The smallest absolute Gasteiger partial charge is 0.363 e. The predicted octanol–water partition coefficient (Wildman–Crippen LogP) is 5.06. The Kier molecular flexibility index (Phi) is 7.27. The lowest BCUT2D eigenvalue weighted by atomic mass is 10.1. The summed E-state index contributed by atoms with van der Waals surface area (Å²) in [6, 6.07) is 17.9. The van der Waals surface area contributed by atoms with Crippen molar-refractivity contribution >= 4 is 35.2 Å². The maximum Gasteiger partial charge on any atom is 0.363 e. The molecule has 0 radical (unpaired) electrons. The van der Waals surface area contributed by atoms with Crippen molar-refractivity contribution in [2.45, 2.75) is 0 Å². The molecule has 0 spiro atoms. The Labute approximate surface area is 205 Å². The van der Waals surface area contributed by atoms with Crippen molar-refractivity contribution < 1.29 is 28.7 Å². The topological polar surface area (TPSA) is 109 Å². The summed E-state index contributed by atoms with van der Waals surface area (Å²) in [7, 11) is 1.58. The van der Waals surface area contributed by atoms with E-state index in [4.69, 9.17) is 30.5 Å². The summed E-state index contributed by atoms with van der Waals surface area (Å²) < 4.78 is 21.8. The lowest BCUT2D eigenvalue weighted by Crippen LogP contribution is -2.10. The van der Waals surface area contributed by atoms with Crippen LogP contribution in [0.1, 0.15) is 11.1 Å². The number of nitro groups is 1. The highest BCUT2D eigenvalue weighted by Crippen LogP contribution is 2.29. The fraction of sp³-hybridized carbons (Fsp3) is 0.120. The molecule has 1 aliphatic heterocycles. The van der Waals surface area contributed by atoms with E-state index in [0.717, 1.165) is 0 Å². The second-order valence-corrected chi connectivity index (χ2v) is 7.57. The molecule has 3 aromatic rings. The van der Waals surface area contributed by atoms with Gasteiger partial charge in [0.1, 0.15) is 30.5 Å². The average Bonchev–Trinajstić information content (AvgIpc) is 3.22. The van der Waals surface area contributed by atoms with E-state index in [1.54, 1.807) is 55.6 Å². The Hall–Kier alpha value is -4.37. The molecular formula is C25H19ClN2O7. The Morgan fingerprint density at radius 3 is 2.46 bits per heavy atom. The van der Waals surface area contributed by atoms with Crippen LogP contribution >= 0.6 is 11.6 Å². The molecule has 0 saturated heterocycles. The van der Waals surface area contributed by atoms with Crippen LogP contribution in [0.5, 0.6) is 17.2 Å². The first kappa shape index (κ1) is 23.8. The number of carbonyl (C=O) groups is 1. The van der Waals surface area contributed by atoms with Crippen LogP contribution in [0.2, 0.25) is 5.02 Å². The number of nitro benzene ring substituents is 1. The summed E-state index contributed by atoms with van der Waals surface area (Å²) in [6.07, 6.45) is 1.37. The number of hydrogen-bond donors (Lipinski definition) is 0. The van der Waals surface area contributed by atoms with Gasteiger partial charge in [-0.15, -0.1) is 0 Å². The second kappa shape index (κ2) is 10.7. The number of carbonyl (C=O) groups excluding carboxylic acids is 1. The van der Waals surface area contributed by atoms with Crippen LogP contribution in [0.3, 0.4) is 0 Å². The Bertz CT molecular complexity index is 1320. The van der Waals surface area contributed by atoms with Crippen LogP contribution < -0.4 is 14.2 Å². The number of rotatable bonds is 9. The summed E-state index contributed by atoms with van der Waals surface area (Å²) in [6.45, 7) is 0.370. The molecule has 1 heterocycles. The van der Waals surface area contributed by atoms with E-state index in [1.807, 2.05) is 0 Å². The van der Waals surface area contributed by atoms with Gasteiger partial charge < -0.3 is 18.9 Å². The van der Waals surface area contributed by atoms with Crippen molar-refractivity contribution in [2.75, 3.05) is 20.3 Å².